The summed E-state index contributed by atoms with van der Waals surface area (Å²) in [4.78, 5) is 0. The smallest absolute Gasteiger partial charge is 0.138 e. The molecule has 3 aromatic carbocycles. The van der Waals surface area contributed by atoms with Gasteiger partial charge in [0.2, 0.25) is 0 Å². The van der Waals surface area contributed by atoms with E-state index in [0.717, 1.165) is 22.4 Å². The van der Waals surface area contributed by atoms with Gasteiger partial charge in [0.05, 0.1) is 32.0 Å². The van der Waals surface area contributed by atoms with E-state index in [4.69, 9.17) is 30.5 Å². The second-order valence-corrected chi connectivity index (χ2v) is 7.59. The quantitative estimate of drug-likeness (QED) is 0.383. The van der Waals surface area contributed by atoms with Gasteiger partial charge < -0.3 is 18.9 Å². The molecule has 6 heteroatoms. The summed E-state index contributed by atoms with van der Waals surface area (Å²) < 4.78 is 36.2. The van der Waals surface area contributed by atoms with Crippen LogP contribution in [0.2, 0.25) is 5.02 Å². The van der Waals surface area contributed by atoms with Crippen LogP contribution in [-0.2, 0) is 17.8 Å². The van der Waals surface area contributed by atoms with Gasteiger partial charge in [-0.3, -0.25) is 0 Å². The summed E-state index contributed by atoms with van der Waals surface area (Å²) >= 11 is 6.30. The molecule has 164 valence electrons. The van der Waals surface area contributed by atoms with Crippen molar-refractivity contribution in [1.29, 1.82) is 0 Å². The van der Waals surface area contributed by atoms with Crippen LogP contribution in [0, 0.1) is 12.7 Å². The number of halogens is 2. The zero-order chi connectivity index (χ0) is 22.2. The molecule has 1 atom stereocenters. The van der Waals surface area contributed by atoms with Crippen molar-refractivity contribution in [3.63, 3.8) is 0 Å². The molecule has 0 heterocycles. The van der Waals surface area contributed by atoms with Crippen LogP contribution in [0.3, 0.4) is 0 Å². The number of methoxy groups -OCH3 is 2. The van der Waals surface area contributed by atoms with Crippen molar-refractivity contribution in [2.24, 2.45) is 0 Å². The third kappa shape index (κ3) is 6.61. The van der Waals surface area contributed by atoms with E-state index in [1.165, 1.54) is 19.2 Å². The number of hydrogen-bond donors (Lipinski definition) is 0. The topological polar surface area (TPSA) is 36.9 Å². The molecule has 31 heavy (non-hydrogen) atoms. The van der Waals surface area contributed by atoms with E-state index in [0.29, 0.717) is 29.5 Å². The van der Waals surface area contributed by atoms with Gasteiger partial charge in [-0.15, -0.1) is 0 Å². The van der Waals surface area contributed by atoms with Crippen LogP contribution < -0.4 is 14.2 Å². The summed E-state index contributed by atoms with van der Waals surface area (Å²) in [6.45, 7) is 2.64. The fourth-order valence-electron chi connectivity index (χ4n) is 3.14. The maximum atomic E-state index is 13.6. The summed E-state index contributed by atoms with van der Waals surface area (Å²) in [5.74, 6) is 1.51. The van der Waals surface area contributed by atoms with Gasteiger partial charge in [-0.25, -0.2) is 4.39 Å². The van der Waals surface area contributed by atoms with Crippen LogP contribution in [0.5, 0.6) is 17.2 Å². The molecular formula is C25H26ClFO4. The van der Waals surface area contributed by atoms with Gasteiger partial charge in [-0.2, -0.15) is 0 Å². The molecule has 0 aliphatic heterocycles. The van der Waals surface area contributed by atoms with Crippen LogP contribution in [0.25, 0.3) is 0 Å². The Balaban J connectivity index is 1.73. The first-order valence-corrected chi connectivity index (χ1v) is 10.3. The molecule has 0 fully saturated rings. The highest BCUT2D eigenvalue weighted by Crippen LogP contribution is 2.27. The molecule has 0 saturated carbocycles. The molecule has 0 aromatic heterocycles. The normalized spacial score (nSPS) is 11.8. The minimum absolute atomic E-state index is 0.277. The summed E-state index contributed by atoms with van der Waals surface area (Å²) in [6.07, 6.45) is 0.183. The van der Waals surface area contributed by atoms with E-state index < -0.39 is 0 Å². The van der Waals surface area contributed by atoms with Gasteiger partial charge in [0.1, 0.15) is 29.7 Å². The van der Waals surface area contributed by atoms with Crippen molar-refractivity contribution in [3.05, 3.63) is 88.2 Å². The van der Waals surface area contributed by atoms with E-state index in [1.807, 2.05) is 49.4 Å². The number of aryl methyl sites for hydroxylation is 1. The van der Waals surface area contributed by atoms with Crippen LogP contribution in [0.15, 0.2) is 60.7 Å². The highest BCUT2D eigenvalue weighted by Gasteiger charge is 2.16. The molecule has 0 aliphatic rings. The standard InChI is InChI=1S/C25H26ClFO4/c1-17-4-11-24(23(26)12-17)31-16-22(13-19-7-8-20(27)14-25(19)29-3)30-15-18-5-9-21(28-2)10-6-18/h4-12,14,22H,13,15-16H2,1-3H3. The molecule has 3 aromatic rings. The molecular weight excluding hydrogens is 419 g/mol. The lowest BCUT2D eigenvalue weighted by molar-refractivity contribution is 0.00966. The van der Waals surface area contributed by atoms with Crippen LogP contribution in [-0.4, -0.2) is 26.9 Å². The largest absolute Gasteiger partial charge is 0.497 e. The molecule has 0 amide bonds. The predicted octanol–water partition coefficient (Wildman–Crippen LogP) is 6.01. The minimum Gasteiger partial charge on any atom is -0.497 e. The SMILES string of the molecule is COc1ccc(COC(COc2ccc(C)cc2Cl)Cc2ccc(F)cc2OC)cc1. The second kappa shape index (κ2) is 11.0. The van der Waals surface area contributed by atoms with Crippen molar-refractivity contribution in [2.75, 3.05) is 20.8 Å². The summed E-state index contributed by atoms with van der Waals surface area (Å²) in [6, 6.07) is 17.8. The molecule has 4 nitrogen and oxygen atoms in total. The Morgan fingerprint density at radius 2 is 1.68 bits per heavy atom. The molecule has 0 aliphatic carbocycles. The average molecular weight is 445 g/mol. The molecule has 1 unspecified atom stereocenters. The lowest BCUT2D eigenvalue weighted by Gasteiger charge is -2.21. The van der Waals surface area contributed by atoms with E-state index >= 15 is 0 Å². The first kappa shape index (κ1) is 22.9. The van der Waals surface area contributed by atoms with E-state index in [-0.39, 0.29) is 18.5 Å². The number of hydrogen-bond acceptors (Lipinski definition) is 4. The summed E-state index contributed by atoms with van der Waals surface area (Å²) in [5, 5.41) is 0.549. The van der Waals surface area contributed by atoms with Crippen molar-refractivity contribution in [3.8, 4) is 17.2 Å². The molecule has 3 rings (SSSR count). The summed E-state index contributed by atoms with van der Waals surface area (Å²) in [5.41, 5.74) is 2.90. The van der Waals surface area contributed by atoms with Crippen LogP contribution >= 0.6 is 11.6 Å². The maximum absolute atomic E-state index is 13.6. The Kier molecular flexibility index (Phi) is 8.15. The van der Waals surface area contributed by atoms with Crippen LogP contribution in [0.1, 0.15) is 16.7 Å². The van der Waals surface area contributed by atoms with Crippen molar-refractivity contribution in [1.82, 2.24) is 0 Å². The van der Waals surface area contributed by atoms with Gasteiger partial charge in [0.25, 0.3) is 0 Å². The lowest BCUT2D eigenvalue weighted by atomic mass is 10.1. The highest BCUT2D eigenvalue weighted by molar-refractivity contribution is 6.32. The van der Waals surface area contributed by atoms with E-state index in [9.17, 15) is 4.39 Å². The van der Waals surface area contributed by atoms with Gasteiger partial charge in [-0.1, -0.05) is 35.9 Å². The summed E-state index contributed by atoms with van der Waals surface area (Å²) in [7, 11) is 3.15. The van der Waals surface area contributed by atoms with Gasteiger partial charge >= 0.3 is 0 Å². The third-order valence-corrected chi connectivity index (χ3v) is 5.15. The molecule has 0 N–H and O–H groups in total. The first-order valence-electron chi connectivity index (χ1n) is 9.94. The molecule has 0 saturated heterocycles. The highest BCUT2D eigenvalue weighted by atomic mass is 35.5. The Morgan fingerprint density at radius 3 is 2.35 bits per heavy atom. The zero-order valence-electron chi connectivity index (χ0n) is 17.9. The second-order valence-electron chi connectivity index (χ2n) is 7.19. The Morgan fingerprint density at radius 1 is 0.903 bits per heavy atom. The predicted molar refractivity (Wildman–Crippen MR) is 120 cm³/mol. The fraction of sp³-hybridized carbons (Fsp3) is 0.280. The molecule has 0 radical (unpaired) electrons. The van der Waals surface area contributed by atoms with E-state index in [2.05, 4.69) is 0 Å². The van der Waals surface area contributed by atoms with E-state index in [1.54, 1.807) is 13.2 Å². The molecule has 0 bridgehead atoms. The Bertz CT molecular complexity index is 991. The third-order valence-electron chi connectivity index (χ3n) is 4.85. The number of ether oxygens (including phenoxy) is 4. The maximum Gasteiger partial charge on any atom is 0.138 e. The minimum atomic E-state index is -0.348. The number of benzene rings is 3. The molecule has 0 spiro atoms. The fourth-order valence-corrected chi connectivity index (χ4v) is 3.43. The van der Waals surface area contributed by atoms with Gasteiger partial charge in [0.15, 0.2) is 0 Å². The Labute approximate surface area is 187 Å². The first-order chi connectivity index (χ1) is 15.0. The van der Waals surface area contributed by atoms with Crippen molar-refractivity contribution < 1.29 is 23.3 Å². The van der Waals surface area contributed by atoms with Crippen molar-refractivity contribution >= 4 is 11.6 Å². The monoisotopic (exact) mass is 444 g/mol. The van der Waals surface area contributed by atoms with Gasteiger partial charge in [0, 0.05) is 12.5 Å². The zero-order valence-corrected chi connectivity index (χ0v) is 18.6. The van der Waals surface area contributed by atoms with Crippen LogP contribution in [0.4, 0.5) is 4.39 Å². The Hall–Kier alpha value is -2.76. The average Bonchev–Trinajstić information content (AvgIpc) is 2.77. The number of rotatable bonds is 10. The van der Waals surface area contributed by atoms with Crippen molar-refractivity contribution in [2.45, 2.75) is 26.1 Å². The van der Waals surface area contributed by atoms with Gasteiger partial charge in [-0.05, 0) is 53.9 Å². The lowest BCUT2D eigenvalue weighted by Crippen LogP contribution is -2.25.